The van der Waals surface area contributed by atoms with E-state index in [9.17, 15) is 0 Å². The van der Waals surface area contributed by atoms with Gasteiger partial charge in [0.25, 0.3) is 0 Å². The molecule has 2 aromatic carbocycles. The highest BCUT2D eigenvalue weighted by molar-refractivity contribution is 5.61. The lowest BCUT2D eigenvalue weighted by Gasteiger charge is -2.35. The van der Waals surface area contributed by atoms with Gasteiger partial charge in [0, 0.05) is 38.4 Å². The fraction of sp³-hybridized carbons (Fsp3) is 0.300. The van der Waals surface area contributed by atoms with Crippen molar-refractivity contribution in [2.75, 3.05) is 33.3 Å². The van der Waals surface area contributed by atoms with Gasteiger partial charge in [0.1, 0.15) is 5.75 Å². The lowest BCUT2D eigenvalue weighted by atomic mass is 10.2. The number of hydrazine groups is 1. The molecule has 1 saturated heterocycles. The Morgan fingerprint density at radius 2 is 1.67 bits per heavy atom. The van der Waals surface area contributed by atoms with Crippen molar-refractivity contribution in [3.05, 3.63) is 72.3 Å². The molecule has 0 radical (unpaired) electrons. The van der Waals surface area contributed by atoms with Crippen molar-refractivity contribution in [1.82, 2.24) is 15.3 Å². The Morgan fingerprint density at radius 1 is 1.00 bits per heavy atom. The molecule has 3 rings (SSSR count). The smallest absolute Gasteiger partial charge is 0.118 e. The molecule has 0 bridgehead atoms. The van der Waals surface area contributed by atoms with Gasteiger partial charge < -0.3 is 10.2 Å². The minimum absolute atomic E-state index is 0.862. The van der Waals surface area contributed by atoms with Crippen LogP contribution in [0.15, 0.2) is 61.2 Å². The van der Waals surface area contributed by atoms with Gasteiger partial charge in [-0.1, -0.05) is 36.9 Å². The van der Waals surface area contributed by atoms with Crippen LogP contribution in [0.2, 0.25) is 0 Å². The van der Waals surface area contributed by atoms with Gasteiger partial charge in [-0.05, 0) is 35.4 Å². The molecular weight excluding hydrogens is 298 g/mol. The average Bonchev–Trinajstić information content (AvgIpc) is 2.64. The van der Waals surface area contributed by atoms with Crippen LogP contribution in [0.5, 0.6) is 5.75 Å². The van der Waals surface area contributed by atoms with Crippen molar-refractivity contribution in [3.8, 4) is 5.75 Å². The fourth-order valence-electron chi connectivity index (χ4n) is 2.91. The Kier molecular flexibility index (Phi) is 5.51. The molecule has 0 amide bonds. The number of hydrogen-bond donors (Lipinski definition) is 1. The predicted molar refractivity (Wildman–Crippen MR) is 98.5 cm³/mol. The average molecular weight is 323 g/mol. The van der Waals surface area contributed by atoms with Gasteiger partial charge in [-0.2, -0.15) is 0 Å². The predicted octanol–water partition coefficient (Wildman–Crippen LogP) is 2.99. The summed E-state index contributed by atoms with van der Waals surface area (Å²) in [5.74, 6) is 0.862. The molecule has 0 atom stereocenters. The molecule has 2 aromatic rings. The summed E-state index contributed by atoms with van der Waals surface area (Å²) >= 11 is 0. The van der Waals surface area contributed by atoms with Crippen LogP contribution in [0, 0.1) is 0 Å². The number of ether oxygens (including phenoxy) is 1. The van der Waals surface area contributed by atoms with E-state index in [1.807, 2.05) is 24.3 Å². The first-order valence-corrected chi connectivity index (χ1v) is 8.36. The molecule has 0 spiro atoms. The van der Waals surface area contributed by atoms with Crippen molar-refractivity contribution < 1.29 is 4.74 Å². The van der Waals surface area contributed by atoms with E-state index in [0.717, 1.165) is 49.7 Å². The van der Waals surface area contributed by atoms with Gasteiger partial charge in [-0.25, -0.2) is 5.01 Å². The summed E-state index contributed by atoms with van der Waals surface area (Å²) in [6.07, 6.45) is 0. The molecule has 0 unspecified atom stereocenters. The third-order valence-corrected chi connectivity index (χ3v) is 4.35. The van der Waals surface area contributed by atoms with E-state index in [0.29, 0.717) is 0 Å². The van der Waals surface area contributed by atoms with Gasteiger partial charge in [0.15, 0.2) is 0 Å². The van der Waals surface area contributed by atoms with Crippen LogP contribution in [0.4, 0.5) is 0 Å². The highest BCUT2D eigenvalue weighted by Gasteiger charge is 2.17. The van der Waals surface area contributed by atoms with Gasteiger partial charge >= 0.3 is 0 Å². The lowest BCUT2D eigenvalue weighted by Crippen LogP contribution is -2.50. The minimum atomic E-state index is 0.862. The summed E-state index contributed by atoms with van der Waals surface area (Å²) < 4.78 is 5.19. The number of nitrogens with one attached hydrogen (secondary N) is 1. The number of rotatable bonds is 6. The second kappa shape index (κ2) is 7.99. The Labute approximate surface area is 144 Å². The minimum Gasteiger partial charge on any atom is -0.497 e. The van der Waals surface area contributed by atoms with E-state index in [-0.39, 0.29) is 0 Å². The third-order valence-electron chi connectivity index (χ3n) is 4.35. The summed E-state index contributed by atoms with van der Waals surface area (Å²) in [4.78, 5) is 2.49. The van der Waals surface area contributed by atoms with E-state index >= 15 is 0 Å². The second-order valence-corrected chi connectivity index (χ2v) is 6.07. The quantitative estimate of drug-likeness (QED) is 0.884. The molecule has 0 aromatic heterocycles. The van der Waals surface area contributed by atoms with Gasteiger partial charge in [0.05, 0.1) is 7.11 Å². The maximum Gasteiger partial charge on any atom is 0.118 e. The second-order valence-electron chi connectivity index (χ2n) is 6.07. The summed E-state index contributed by atoms with van der Waals surface area (Å²) in [6, 6.07) is 18.6. The zero-order valence-corrected chi connectivity index (χ0v) is 14.2. The summed E-state index contributed by atoms with van der Waals surface area (Å²) in [6.45, 7) is 9.26. The molecule has 4 heteroatoms. The number of hydrogen-bond acceptors (Lipinski definition) is 4. The Morgan fingerprint density at radius 3 is 2.29 bits per heavy atom. The molecule has 1 aliphatic heterocycles. The molecule has 126 valence electrons. The molecule has 0 aliphatic carbocycles. The molecule has 24 heavy (non-hydrogen) atoms. The summed E-state index contributed by atoms with van der Waals surface area (Å²) in [5.41, 5.74) is 6.82. The van der Waals surface area contributed by atoms with Crippen molar-refractivity contribution >= 4 is 5.70 Å². The third kappa shape index (κ3) is 4.37. The van der Waals surface area contributed by atoms with E-state index in [2.05, 4.69) is 52.2 Å². The number of piperazine rings is 1. The molecular formula is C20H25N3O. The Balaban J connectivity index is 1.47. The van der Waals surface area contributed by atoms with Gasteiger partial charge in [0.2, 0.25) is 0 Å². The fourth-order valence-corrected chi connectivity index (χ4v) is 2.91. The molecule has 1 heterocycles. The Bertz CT molecular complexity index is 646. The molecule has 1 N–H and O–H groups in total. The number of nitrogens with zero attached hydrogens (tertiary/aromatic N) is 2. The van der Waals surface area contributed by atoms with Crippen LogP contribution in [-0.4, -0.2) is 43.2 Å². The zero-order chi connectivity index (χ0) is 16.8. The number of benzene rings is 2. The first-order chi connectivity index (χ1) is 11.7. The van der Waals surface area contributed by atoms with E-state index in [4.69, 9.17) is 4.74 Å². The molecule has 4 nitrogen and oxygen atoms in total. The van der Waals surface area contributed by atoms with Crippen molar-refractivity contribution in [3.63, 3.8) is 0 Å². The van der Waals surface area contributed by atoms with Crippen molar-refractivity contribution in [2.24, 2.45) is 0 Å². The SMILES string of the molecule is C=C(NN1CCN(Cc2ccccc2)CC1)c1ccc(OC)cc1. The van der Waals surface area contributed by atoms with E-state index in [1.54, 1.807) is 7.11 Å². The first kappa shape index (κ1) is 16.6. The van der Waals surface area contributed by atoms with Crippen LogP contribution in [0.25, 0.3) is 5.70 Å². The molecule has 0 saturated carbocycles. The molecule has 1 fully saturated rings. The lowest BCUT2D eigenvalue weighted by molar-refractivity contribution is 0.104. The highest BCUT2D eigenvalue weighted by Crippen LogP contribution is 2.16. The first-order valence-electron chi connectivity index (χ1n) is 8.36. The summed E-state index contributed by atoms with van der Waals surface area (Å²) in [7, 11) is 1.68. The number of methoxy groups -OCH3 is 1. The maximum absolute atomic E-state index is 5.19. The van der Waals surface area contributed by atoms with Crippen molar-refractivity contribution in [2.45, 2.75) is 6.54 Å². The molecule has 1 aliphatic rings. The van der Waals surface area contributed by atoms with Crippen LogP contribution in [0.1, 0.15) is 11.1 Å². The summed E-state index contributed by atoms with van der Waals surface area (Å²) in [5, 5.41) is 2.24. The topological polar surface area (TPSA) is 27.7 Å². The highest BCUT2D eigenvalue weighted by atomic mass is 16.5. The monoisotopic (exact) mass is 323 g/mol. The standard InChI is InChI=1S/C20H25N3O/c1-17(19-8-10-20(24-2)11-9-19)21-23-14-12-22(13-15-23)16-18-6-4-3-5-7-18/h3-11,21H,1,12-16H2,2H3. The van der Waals surface area contributed by atoms with Crippen LogP contribution >= 0.6 is 0 Å². The van der Waals surface area contributed by atoms with Crippen LogP contribution in [-0.2, 0) is 6.54 Å². The maximum atomic E-state index is 5.19. The van der Waals surface area contributed by atoms with E-state index < -0.39 is 0 Å². The van der Waals surface area contributed by atoms with Crippen LogP contribution in [0.3, 0.4) is 0 Å². The van der Waals surface area contributed by atoms with Gasteiger partial charge in [-0.15, -0.1) is 0 Å². The normalized spacial score (nSPS) is 15.9. The Hall–Kier alpha value is -2.30. The van der Waals surface area contributed by atoms with E-state index in [1.165, 1.54) is 5.56 Å². The largest absolute Gasteiger partial charge is 0.497 e. The van der Waals surface area contributed by atoms with Crippen molar-refractivity contribution in [1.29, 1.82) is 0 Å². The van der Waals surface area contributed by atoms with Gasteiger partial charge in [-0.3, -0.25) is 4.90 Å². The zero-order valence-electron chi connectivity index (χ0n) is 14.2. The van der Waals surface area contributed by atoms with Crippen LogP contribution < -0.4 is 10.2 Å².